The van der Waals surface area contributed by atoms with Gasteiger partial charge in [-0.3, -0.25) is 0 Å². The molecule has 5 N–H and O–H groups in total. The molecule has 3 aromatic carbocycles. The van der Waals surface area contributed by atoms with Crippen LogP contribution in [-0.2, 0) is 11.2 Å². The molecular formula is C26H26FNO6. The van der Waals surface area contributed by atoms with Gasteiger partial charge < -0.3 is 34.8 Å². The predicted molar refractivity (Wildman–Crippen MR) is 124 cm³/mol. The second kappa shape index (κ2) is 8.65. The molecule has 1 fully saturated rings. The highest BCUT2D eigenvalue weighted by molar-refractivity contribution is 5.87. The Balaban J connectivity index is 1.60. The number of rotatable bonds is 4. The summed E-state index contributed by atoms with van der Waals surface area (Å²) in [5, 5.41) is 52.5. The number of aryl methyl sites for hydroxylation is 1. The first-order chi connectivity index (χ1) is 16.3. The minimum absolute atomic E-state index is 0.181. The van der Waals surface area contributed by atoms with E-state index in [0.717, 1.165) is 16.3 Å². The number of halogens is 1. The fourth-order valence-corrected chi connectivity index (χ4v) is 4.82. The summed E-state index contributed by atoms with van der Waals surface area (Å²) in [6.45, 7) is 1.21. The van der Waals surface area contributed by atoms with Crippen LogP contribution in [0.5, 0.6) is 5.75 Å². The number of hydrogen-bond donors (Lipinski definition) is 5. The topological polar surface area (TPSA) is 115 Å². The van der Waals surface area contributed by atoms with E-state index >= 15 is 4.39 Å². The molecule has 0 radical (unpaired) electrons. The van der Waals surface area contributed by atoms with Gasteiger partial charge in [-0.1, -0.05) is 24.3 Å². The monoisotopic (exact) mass is 467 g/mol. The Morgan fingerprint density at radius 2 is 1.68 bits per heavy atom. The summed E-state index contributed by atoms with van der Waals surface area (Å²) in [6.07, 6.45) is -4.64. The molecule has 0 amide bonds. The molecule has 0 aliphatic carbocycles. The number of phenols is 1. The number of aliphatic hydroxyl groups is 4. The normalized spacial score (nSPS) is 25.3. The number of aromatic nitrogens is 1. The number of ether oxygens (including phenoxy) is 1. The van der Waals surface area contributed by atoms with Crippen molar-refractivity contribution in [3.8, 4) is 5.75 Å². The van der Waals surface area contributed by atoms with Gasteiger partial charge in [0.1, 0.15) is 36.0 Å². The van der Waals surface area contributed by atoms with Gasteiger partial charge in [-0.2, -0.15) is 0 Å². The predicted octanol–water partition coefficient (Wildman–Crippen LogP) is 2.51. The molecule has 5 atom stereocenters. The van der Waals surface area contributed by atoms with Crippen LogP contribution in [0.2, 0.25) is 0 Å². The molecule has 0 spiro atoms. The molecule has 2 heterocycles. The quantitative estimate of drug-likeness (QED) is 0.315. The van der Waals surface area contributed by atoms with Crippen molar-refractivity contribution in [3.05, 3.63) is 77.2 Å². The van der Waals surface area contributed by atoms with Crippen LogP contribution < -0.4 is 0 Å². The van der Waals surface area contributed by atoms with E-state index in [2.05, 4.69) is 0 Å². The summed E-state index contributed by atoms with van der Waals surface area (Å²) in [4.78, 5) is 0. The third-order valence-electron chi connectivity index (χ3n) is 6.53. The molecule has 178 valence electrons. The number of fused-ring (bicyclic) bond motifs is 2. The highest BCUT2D eigenvalue weighted by atomic mass is 19.1. The van der Waals surface area contributed by atoms with Gasteiger partial charge in [0.15, 0.2) is 6.23 Å². The number of nitrogens with zero attached hydrogens (tertiary/aromatic N) is 1. The van der Waals surface area contributed by atoms with E-state index < -0.39 is 43.1 Å². The Kier molecular flexibility index (Phi) is 5.79. The average molecular weight is 467 g/mol. The van der Waals surface area contributed by atoms with Crippen molar-refractivity contribution in [1.29, 1.82) is 0 Å². The van der Waals surface area contributed by atoms with Crippen LogP contribution in [0, 0.1) is 12.7 Å². The van der Waals surface area contributed by atoms with Crippen LogP contribution in [0.4, 0.5) is 4.39 Å². The van der Waals surface area contributed by atoms with Crippen molar-refractivity contribution in [2.24, 2.45) is 0 Å². The van der Waals surface area contributed by atoms with Crippen LogP contribution in [0.25, 0.3) is 21.7 Å². The highest BCUT2D eigenvalue weighted by Crippen LogP contribution is 2.36. The zero-order chi connectivity index (χ0) is 24.1. The standard InChI is InChI=1S/C26H26FNO6/c1-13-6-19(27)22-17(9-14-2-3-16-10-18(30)5-4-15(16)8-14)11-28(20(22)7-13)26-25(33)24(32)23(31)21(12-29)34-26/h2-8,10-11,21,23-26,29-33H,9,12H2,1H3/t21-,23-,24+,25-,26-/m1/s1. The molecule has 1 aliphatic rings. The van der Waals surface area contributed by atoms with Crippen molar-refractivity contribution in [3.63, 3.8) is 0 Å². The number of aromatic hydroxyl groups is 1. The van der Waals surface area contributed by atoms with Gasteiger partial charge in [-0.25, -0.2) is 4.39 Å². The van der Waals surface area contributed by atoms with Gasteiger partial charge in [0.05, 0.1) is 12.1 Å². The van der Waals surface area contributed by atoms with Crippen LogP contribution in [0.3, 0.4) is 0 Å². The van der Waals surface area contributed by atoms with Crippen molar-refractivity contribution < 1.29 is 34.7 Å². The van der Waals surface area contributed by atoms with Crippen molar-refractivity contribution >= 4 is 21.7 Å². The molecule has 0 bridgehead atoms. The van der Waals surface area contributed by atoms with Gasteiger partial charge in [0.25, 0.3) is 0 Å². The third kappa shape index (κ3) is 3.83. The fourth-order valence-electron chi connectivity index (χ4n) is 4.82. The van der Waals surface area contributed by atoms with Gasteiger partial charge in [-0.15, -0.1) is 0 Å². The molecule has 7 nitrogen and oxygen atoms in total. The number of phenolic OH excluding ortho intramolecular Hbond substituents is 1. The first-order valence-electron chi connectivity index (χ1n) is 11.1. The maximum atomic E-state index is 15.2. The maximum Gasteiger partial charge on any atom is 0.163 e. The molecule has 1 aliphatic heterocycles. The van der Waals surface area contributed by atoms with Crippen LogP contribution >= 0.6 is 0 Å². The van der Waals surface area contributed by atoms with Crippen LogP contribution in [-0.4, -0.2) is 61.1 Å². The molecule has 5 rings (SSSR count). The molecular weight excluding hydrogens is 441 g/mol. The number of aliphatic hydroxyl groups excluding tert-OH is 4. The summed E-state index contributed by atoms with van der Waals surface area (Å²) in [6, 6.07) is 14.1. The van der Waals surface area contributed by atoms with E-state index in [-0.39, 0.29) is 5.75 Å². The summed E-state index contributed by atoms with van der Waals surface area (Å²) in [5.41, 5.74) is 2.72. The summed E-state index contributed by atoms with van der Waals surface area (Å²) in [5.74, 6) is -0.237. The Morgan fingerprint density at radius 1 is 0.941 bits per heavy atom. The Morgan fingerprint density at radius 3 is 2.44 bits per heavy atom. The van der Waals surface area contributed by atoms with Crippen LogP contribution in [0.1, 0.15) is 22.9 Å². The third-order valence-corrected chi connectivity index (χ3v) is 6.53. The van der Waals surface area contributed by atoms with E-state index in [0.29, 0.717) is 28.5 Å². The average Bonchev–Trinajstić information content (AvgIpc) is 3.15. The second-order valence-corrected chi connectivity index (χ2v) is 8.96. The molecule has 34 heavy (non-hydrogen) atoms. The smallest absolute Gasteiger partial charge is 0.163 e. The molecule has 1 saturated heterocycles. The SMILES string of the molecule is Cc1cc(F)c2c(Cc3ccc4cc(O)ccc4c3)cn([C@@H]3O[C@H](CO)[C@@H](O)[C@H](O)[C@H]3O)c2c1. The lowest BCUT2D eigenvalue weighted by Gasteiger charge is -2.40. The van der Waals surface area contributed by atoms with E-state index in [1.807, 2.05) is 24.3 Å². The Labute approximate surface area is 194 Å². The lowest BCUT2D eigenvalue weighted by atomic mass is 9.98. The van der Waals surface area contributed by atoms with Crippen molar-refractivity contribution in [2.75, 3.05) is 6.61 Å². The first-order valence-corrected chi connectivity index (χ1v) is 11.1. The van der Waals surface area contributed by atoms with E-state index in [4.69, 9.17) is 4.74 Å². The minimum atomic E-state index is -1.54. The number of benzene rings is 3. The molecule has 4 aromatic rings. The molecule has 1 aromatic heterocycles. The molecule has 0 unspecified atom stereocenters. The minimum Gasteiger partial charge on any atom is -0.508 e. The Bertz CT molecular complexity index is 1370. The summed E-state index contributed by atoms with van der Waals surface area (Å²) < 4.78 is 22.5. The maximum absolute atomic E-state index is 15.2. The highest BCUT2D eigenvalue weighted by Gasteiger charge is 2.44. The van der Waals surface area contributed by atoms with Gasteiger partial charge in [-0.05, 0) is 65.1 Å². The first kappa shape index (κ1) is 22.8. The van der Waals surface area contributed by atoms with Crippen LogP contribution in [0.15, 0.2) is 54.7 Å². The van der Waals surface area contributed by atoms with Gasteiger partial charge in [0, 0.05) is 11.6 Å². The largest absolute Gasteiger partial charge is 0.508 e. The molecule has 8 heteroatoms. The lowest BCUT2D eigenvalue weighted by molar-refractivity contribution is -0.250. The fraction of sp³-hybridized carbons (Fsp3) is 0.308. The van der Waals surface area contributed by atoms with Gasteiger partial charge in [0.2, 0.25) is 0 Å². The Hall–Kier alpha value is -3.01. The van der Waals surface area contributed by atoms with E-state index in [1.54, 1.807) is 35.9 Å². The summed E-state index contributed by atoms with van der Waals surface area (Å²) >= 11 is 0. The van der Waals surface area contributed by atoms with E-state index in [9.17, 15) is 25.5 Å². The van der Waals surface area contributed by atoms with Crippen molar-refractivity contribution in [2.45, 2.75) is 44.0 Å². The van der Waals surface area contributed by atoms with E-state index in [1.165, 1.54) is 6.07 Å². The summed E-state index contributed by atoms with van der Waals surface area (Å²) in [7, 11) is 0. The second-order valence-electron chi connectivity index (χ2n) is 8.96. The number of hydrogen-bond acceptors (Lipinski definition) is 6. The zero-order valence-electron chi connectivity index (χ0n) is 18.5. The zero-order valence-corrected chi connectivity index (χ0v) is 18.5. The van der Waals surface area contributed by atoms with Crippen molar-refractivity contribution in [1.82, 2.24) is 4.57 Å². The molecule has 0 saturated carbocycles. The van der Waals surface area contributed by atoms with Gasteiger partial charge >= 0.3 is 0 Å². The lowest BCUT2D eigenvalue weighted by Crippen LogP contribution is -2.56.